The van der Waals surface area contributed by atoms with Gasteiger partial charge in [0.25, 0.3) is 10.2 Å². The van der Waals surface area contributed by atoms with Gasteiger partial charge in [0.1, 0.15) is 0 Å². The third-order valence-corrected chi connectivity index (χ3v) is 5.33. The molecule has 0 atom stereocenters. The molecule has 0 unspecified atom stereocenters. The Morgan fingerprint density at radius 2 is 1.69 bits per heavy atom. The minimum absolute atomic E-state index is 0.0958. The minimum Gasteiger partial charge on any atom is -0.493 e. The summed E-state index contributed by atoms with van der Waals surface area (Å²) in [7, 11) is -0.447. The van der Waals surface area contributed by atoms with Crippen LogP contribution in [0.1, 0.15) is 25.7 Å². The van der Waals surface area contributed by atoms with Crippen molar-refractivity contribution in [1.82, 2.24) is 9.71 Å². The molecule has 1 aliphatic rings. The number of methoxy groups -OCH3 is 2. The largest absolute Gasteiger partial charge is 0.493 e. The molecule has 26 heavy (non-hydrogen) atoms. The third kappa shape index (κ3) is 4.35. The summed E-state index contributed by atoms with van der Waals surface area (Å²) in [6, 6.07) is 5.86. The Morgan fingerprint density at radius 3 is 2.31 bits per heavy atom. The fourth-order valence-corrected chi connectivity index (χ4v) is 4.11. The number of ether oxygens (including phenoxy) is 2. The van der Waals surface area contributed by atoms with Crippen molar-refractivity contribution in [3.63, 3.8) is 0 Å². The Balaban J connectivity index is 1.75. The van der Waals surface area contributed by atoms with Crippen LogP contribution in [0.25, 0.3) is 10.9 Å². The lowest BCUT2D eigenvalue weighted by atomic mass is 9.91. The molecule has 0 radical (unpaired) electrons. The van der Waals surface area contributed by atoms with E-state index in [1.54, 1.807) is 20.4 Å². The van der Waals surface area contributed by atoms with E-state index in [0.717, 1.165) is 42.3 Å². The van der Waals surface area contributed by atoms with Gasteiger partial charge in [-0.2, -0.15) is 13.1 Å². The topological polar surface area (TPSA) is 116 Å². The molecule has 1 aromatic carbocycles. The lowest BCUT2D eigenvalue weighted by molar-refractivity contribution is 0.356. The van der Waals surface area contributed by atoms with Gasteiger partial charge in [-0.1, -0.05) is 0 Å². The molecule has 0 bridgehead atoms. The molecular formula is C17H24N4O4S. The molecule has 8 nitrogen and oxygen atoms in total. The van der Waals surface area contributed by atoms with Crippen LogP contribution in [0.2, 0.25) is 0 Å². The molecule has 142 valence electrons. The maximum Gasteiger partial charge on any atom is 0.274 e. The van der Waals surface area contributed by atoms with Crippen molar-refractivity contribution in [2.75, 3.05) is 19.5 Å². The molecule has 0 saturated heterocycles. The summed E-state index contributed by atoms with van der Waals surface area (Å²) < 4.78 is 35.5. The fraction of sp³-hybridized carbons (Fsp3) is 0.471. The number of nitrogens with zero attached hydrogens (tertiary/aromatic N) is 1. The van der Waals surface area contributed by atoms with Gasteiger partial charge in [0, 0.05) is 35.4 Å². The van der Waals surface area contributed by atoms with E-state index < -0.39 is 10.2 Å². The normalized spacial score (nSPS) is 20.7. The zero-order valence-corrected chi connectivity index (χ0v) is 15.7. The van der Waals surface area contributed by atoms with Crippen molar-refractivity contribution < 1.29 is 17.9 Å². The average Bonchev–Trinajstić information content (AvgIpc) is 2.61. The van der Waals surface area contributed by atoms with E-state index in [-0.39, 0.29) is 12.1 Å². The highest BCUT2D eigenvalue weighted by Gasteiger charge is 2.24. The predicted molar refractivity (Wildman–Crippen MR) is 101 cm³/mol. The van der Waals surface area contributed by atoms with E-state index in [0.29, 0.717) is 11.5 Å². The summed E-state index contributed by atoms with van der Waals surface area (Å²) in [5.74, 6) is 1.29. The second-order valence-electron chi connectivity index (χ2n) is 6.44. The van der Waals surface area contributed by atoms with Crippen LogP contribution in [0, 0.1) is 0 Å². The first-order valence-electron chi connectivity index (χ1n) is 8.47. The van der Waals surface area contributed by atoms with Gasteiger partial charge < -0.3 is 14.8 Å². The first-order chi connectivity index (χ1) is 12.4. The number of nitrogens with one attached hydrogen (secondary N) is 2. The molecule has 2 aromatic rings. The van der Waals surface area contributed by atoms with E-state index in [9.17, 15) is 8.42 Å². The van der Waals surface area contributed by atoms with Crippen molar-refractivity contribution in [2.24, 2.45) is 5.14 Å². The van der Waals surface area contributed by atoms with E-state index in [1.807, 2.05) is 18.2 Å². The Kier molecular flexibility index (Phi) is 5.49. The van der Waals surface area contributed by atoms with Gasteiger partial charge >= 0.3 is 0 Å². The first-order valence-corrected chi connectivity index (χ1v) is 10.0. The second kappa shape index (κ2) is 7.65. The highest BCUT2D eigenvalue weighted by molar-refractivity contribution is 7.87. The highest BCUT2D eigenvalue weighted by atomic mass is 32.2. The zero-order chi connectivity index (χ0) is 18.7. The quantitative estimate of drug-likeness (QED) is 0.703. The Labute approximate surface area is 153 Å². The maximum absolute atomic E-state index is 11.2. The number of nitrogens with two attached hydrogens (primary N) is 1. The van der Waals surface area contributed by atoms with Crippen molar-refractivity contribution in [3.05, 3.63) is 24.4 Å². The van der Waals surface area contributed by atoms with Crippen LogP contribution in [-0.4, -0.2) is 39.7 Å². The molecule has 0 amide bonds. The van der Waals surface area contributed by atoms with Gasteiger partial charge in [0.2, 0.25) is 0 Å². The number of benzene rings is 1. The number of fused-ring (bicyclic) bond motifs is 1. The SMILES string of the molecule is COc1cc2nccc(NC3CCC(NS(N)(=O)=O)CC3)c2cc1OC. The molecule has 4 N–H and O–H groups in total. The monoisotopic (exact) mass is 380 g/mol. The molecule has 1 saturated carbocycles. The average molecular weight is 380 g/mol. The van der Waals surface area contributed by atoms with Gasteiger partial charge in [0.05, 0.1) is 19.7 Å². The van der Waals surface area contributed by atoms with Gasteiger partial charge in [-0.3, -0.25) is 4.98 Å². The van der Waals surface area contributed by atoms with Gasteiger partial charge in [-0.25, -0.2) is 5.14 Å². The van der Waals surface area contributed by atoms with E-state index in [4.69, 9.17) is 14.6 Å². The Morgan fingerprint density at radius 1 is 1.08 bits per heavy atom. The van der Waals surface area contributed by atoms with Crippen LogP contribution >= 0.6 is 0 Å². The summed E-state index contributed by atoms with van der Waals surface area (Å²) in [6.45, 7) is 0. The van der Waals surface area contributed by atoms with E-state index in [1.165, 1.54) is 0 Å². The van der Waals surface area contributed by atoms with Crippen LogP contribution in [0.4, 0.5) is 5.69 Å². The van der Waals surface area contributed by atoms with Crippen LogP contribution < -0.4 is 24.7 Å². The molecule has 1 heterocycles. The maximum atomic E-state index is 11.2. The van der Waals surface area contributed by atoms with Crippen LogP contribution in [0.5, 0.6) is 11.5 Å². The van der Waals surface area contributed by atoms with Crippen molar-refractivity contribution in [1.29, 1.82) is 0 Å². The van der Waals surface area contributed by atoms with Gasteiger partial charge in [-0.15, -0.1) is 0 Å². The first kappa shape index (κ1) is 18.7. The van der Waals surface area contributed by atoms with Crippen molar-refractivity contribution >= 4 is 26.8 Å². The number of anilines is 1. The van der Waals surface area contributed by atoms with E-state index in [2.05, 4.69) is 15.0 Å². The highest BCUT2D eigenvalue weighted by Crippen LogP contribution is 2.35. The van der Waals surface area contributed by atoms with Crippen LogP contribution in [0.15, 0.2) is 24.4 Å². The number of rotatable bonds is 6. The van der Waals surface area contributed by atoms with Gasteiger partial charge in [-0.05, 0) is 37.8 Å². The Hall–Kier alpha value is -2.10. The second-order valence-corrected chi connectivity index (χ2v) is 7.76. The lowest BCUT2D eigenvalue weighted by Gasteiger charge is -2.30. The predicted octanol–water partition coefficient (Wildman–Crippen LogP) is 1.77. The summed E-state index contributed by atoms with van der Waals surface area (Å²) in [4.78, 5) is 4.41. The number of hydrogen-bond donors (Lipinski definition) is 3. The number of hydrogen-bond acceptors (Lipinski definition) is 6. The molecule has 1 aromatic heterocycles. The summed E-state index contributed by atoms with van der Waals surface area (Å²) in [5, 5.41) is 9.56. The summed E-state index contributed by atoms with van der Waals surface area (Å²) in [6.07, 6.45) is 4.95. The number of pyridine rings is 1. The van der Waals surface area contributed by atoms with Gasteiger partial charge in [0.15, 0.2) is 11.5 Å². The number of aromatic nitrogens is 1. The smallest absolute Gasteiger partial charge is 0.274 e. The van der Waals surface area contributed by atoms with Crippen LogP contribution in [-0.2, 0) is 10.2 Å². The fourth-order valence-electron chi connectivity index (χ4n) is 3.41. The molecule has 0 aliphatic heterocycles. The summed E-state index contributed by atoms with van der Waals surface area (Å²) in [5.41, 5.74) is 1.79. The molecule has 0 spiro atoms. The van der Waals surface area contributed by atoms with Crippen molar-refractivity contribution in [3.8, 4) is 11.5 Å². The third-order valence-electron chi connectivity index (χ3n) is 4.66. The standard InChI is InChI=1S/C17H24N4O4S/c1-24-16-9-13-14(7-8-19-15(13)10-17(16)25-2)20-11-3-5-12(6-4-11)21-26(18,22)23/h7-12,21H,3-6H2,1-2H3,(H,19,20)(H2,18,22,23). The molecule has 1 fully saturated rings. The van der Waals surface area contributed by atoms with Crippen LogP contribution in [0.3, 0.4) is 0 Å². The molecule has 9 heteroatoms. The molecule has 3 rings (SSSR count). The summed E-state index contributed by atoms with van der Waals surface area (Å²) >= 11 is 0. The minimum atomic E-state index is -3.65. The zero-order valence-electron chi connectivity index (χ0n) is 14.9. The lowest BCUT2D eigenvalue weighted by Crippen LogP contribution is -2.43. The van der Waals surface area contributed by atoms with E-state index >= 15 is 0 Å². The molecular weight excluding hydrogens is 356 g/mol. The van der Waals surface area contributed by atoms with Crippen molar-refractivity contribution in [2.45, 2.75) is 37.8 Å². The molecule has 1 aliphatic carbocycles. The Bertz CT molecular complexity index is 880.